The Morgan fingerprint density at radius 3 is 2.77 bits per heavy atom. The van der Waals surface area contributed by atoms with Gasteiger partial charge in [0.15, 0.2) is 5.70 Å². The van der Waals surface area contributed by atoms with Crippen LogP contribution in [0.5, 0.6) is 11.5 Å². The molecule has 2 aromatic carbocycles. The van der Waals surface area contributed by atoms with Crippen molar-refractivity contribution in [1.82, 2.24) is 0 Å². The van der Waals surface area contributed by atoms with E-state index in [2.05, 4.69) is 25.7 Å². The SMILES string of the molecule is COc1ccc(Br)cc1/C=C1\N=C(c2cccc(OC(F)F)c2)OC1=O. The number of aliphatic imine (C=N–C) groups is 1. The van der Waals surface area contributed by atoms with Gasteiger partial charge >= 0.3 is 12.6 Å². The Kier molecular flexibility index (Phi) is 5.32. The quantitative estimate of drug-likeness (QED) is 0.528. The number of rotatable bonds is 5. The molecule has 0 aromatic heterocycles. The number of carbonyl (C=O) groups excluding carboxylic acids is 1. The molecule has 26 heavy (non-hydrogen) atoms. The Balaban J connectivity index is 1.94. The van der Waals surface area contributed by atoms with E-state index >= 15 is 0 Å². The van der Waals surface area contributed by atoms with Crippen molar-refractivity contribution in [2.45, 2.75) is 6.61 Å². The van der Waals surface area contributed by atoms with Gasteiger partial charge < -0.3 is 14.2 Å². The zero-order valence-electron chi connectivity index (χ0n) is 13.4. The fraction of sp³-hybridized carbons (Fsp3) is 0.111. The molecular weight excluding hydrogens is 412 g/mol. The first-order valence-corrected chi connectivity index (χ1v) is 8.17. The lowest BCUT2D eigenvalue weighted by molar-refractivity contribution is -0.129. The number of nitrogens with zero attached hydrogens (tertiary/aromatic N) is 1. The summed E-state index contributed by atoms with van der Waals surface area (Å²) in [5.41, 5.74) is 1.05. The smallest absolute Gasteiger partial charge is 0.387 e. The van der Waals surface area contributed by atoms with Gasteiger partial charge in [0.25, 0.3) is 0 Å². The molecule has 0 saturated carbocycles. The maximum Gasteiger partial charge on any atom is 0.387 e. The van der Waals surface area contributed by atoms with Crippen LogP contribution >= 0.6 is 15.9 Å². The van der Waals surface area contributed by atoms with Crippen molar-refractivity contribution in [3.8, 4) is 11.5 Å². The van der Waals surface area contributed by atoms with Crippen LogP contribution in [0.15, 0.2) is 57.6 Å². The molecule has 1 aliphatic heterocycles. The Labute approximate surface area is 156 Å². The molecule has 8 heteroatoms. The van der Waals surface area contributed by atoms with Crippen molar-refractivity contribution >= 4 is 33.9 Å². The first-order chi connectivity index (χ1) is 12.5. The van der Waals surface area contributed by atoms with Crippen molar-refractivity contribution in [3.05, 3.63) is 63.8 Å². The molecule has 0 bridgehead atoms. The molecule has 0 aliphatic carbocycles. The third kappa shape index (κ3) is 4.08. The molecule has 0 unspecified atom stereocenters. The number of alkyl halides is 2. The van der Waals surface area contributed by atoms with Crippen LogP contribution in [-0.2, 0) is 9.53 Å². The molecule has 3 rings (SSSR count). The molecule has 2 aromatic rings. The second-order valence-electron chi connectivity index (χ2n) is 5.13. The first-order valence-electron chi connectivity index (χ1n) is 7.37. The number of ether oxygens (including phenoxy) is 3. The van der Waals surface area contributed by atoms with E-state index in [1.165, 1.54) is 31.4 Å². The molecule has 5 nitrogen and oxygen atoms in total. The molecular formula is C18H12BrF2NO4. The summed E-state index contributed by atoms with van der Waals surface area (Å²) in [5.74, 6) is -0.135. The minimum absolute atomic E-state index is 0.00919. The number of hydrogen-bond acceptors (Lipinski definition) is 5. The molecule has 0 amide bonds. The molecule has 0 saturated heterocycles. The van der Waals surface area contributed by atoms with Crippen LogP contribution in [0.25, 0.3) is 6.08 Å². The van der Waals surface area contributed by atoms with Gasteiger partial charge in [-0.05, 0) is 42.5 Å². The van der Waals surface area contributed by atoms with Gasteiger partial charge in [0.2, 0.25) is 5.90 Å². The Bertz CT molecular complexity index is 912. The van der Waals surface area contributed by atoms with Crippen LogP contribution in [0, 0.1) is 0 Å². The van der Waals surface area contributed by atoms with Crippen LogP contribution < -0.4 is 9.47 Å². The highest BCUT2D eigenvalue weighted by atomic mass is 79.9. The fourth-order valence-electron chi connectivity index (χ4n) is 2.30. The van der Waals surface area contributed by atoms with Crippen molar-refractivity contribution in [3.63, 3.8) is 0 Å². The number of hydrogen-bond donors (Lipinski definition) is 0. The summed E-state index contributed by atoms with van der Waals surface area (Å²) in [6.45, 7) is -2.95. The van der Waals surface area contributed by atoms with Gasteiger partial charge in [-0.15, -0.1) is 0 Å². The average molecular weight is 424 g/mol. The Morgan fingerprint density at radius 1 is 1.23 bits per heavy atom. The van der Waals surface area contributed by atoms with Gasteiger partial charge in [0.05, 0.1) is 7.11 Å². The van der Waals surface area contributed by atoms with Gasteiger partial charge in [-0.25, -0.2) is 9.79 Å². The zero-order valence-corrected chi connectivity index (χ0v) is 15.0. The standard InChI is InChI=1S/C18H12BrF2NO4/c1-24-15-6-5-12(19)7-11(15)9-14-17(23)26-16(22-14)10-3-2-4-13(8-10)25-18(20)21/h2-9,18H,1H3/b14-9-. The van der Waals surface area contributed by atoms with Crippen LogP contribution in [0.2, 0.25) is 0 Å². The number of benzene rings is 2. The molecule has 1 heterocycles. The van der Waals surface area contributed by atoms with Gasteiger partial charge in [-0.1, -0.05) is 22.0 Å². The molecule has 0 spiro atoms. The fourth-order valence-corrected chi connectivity index (χ4v) is 2.68. The second kappa shape index (κ2) is 7.65. The average Bonchev–Trinajstić information content (AvgIpc) is 2.96. The van der Waals surface area contributed by atoms with Crippen molar-refractivity contribution in [2.75, 3.05) is 7.11 Å². The van der Waals surface area contributed by atoms with Gasteiger partial charge in [-0.2, -0.15) is 8.78 Å². The number of methoxy groups -OCH3 is 1. The molecule has 0 fully saturated rings. The largest absolute Gasteiger partial charge is 0.496 e. The summed E-state index contributed by atoms with van der Waals surface area (Å²) in [6.07, 6.45) is 1.53. The summed E-state index contributed by atoms with van der Waals surface area (Å²) in [4.78, 5) is 16.3. The highest BCUT2D eigenvalue weighted by Crippen LogP contribution is 2.28. The van der Waals surface area contributed by atoms with Gasteiger partial charge in [0, 0.05) is 15.6 Å². The van der Waals surface area contributed by atoms with E-state index in [9.17, 15) is 13.6 Å². The minimum atomic E-state index is -2.95. The molecule has 0 atom stereocenters. The van der Waals surface area contributed by atoms with E-state index < -0.39 is 12.6 Å². The highest BCUT2D eigenvalue weighted by Gasteiger charge is 2.25. The molecule has 0 N–H and O–H groups in total. The number of carbonyl (C=O) groups is 1. The lowest BCUT2D eigenvalue weighted by Gasteiger charge is -2.05. The van der Waals surface area contributed by atoms with Crippen LogP contribution in [-0.4, -0.2) is 25.6 Å². The summed E-state index contributed by atoms with van der Waals surface area (Å²) < 4.78 is 40.2. The van der Waals surface area contributed by atoms with E-state index in [-0.39, 0.29) is 17.3 Å². The topological polar surface area (TPSA) is 57.1 Å². The van der Waals surface area contributed by atoms with E-state index in [1.54, 1.807) is 24.3 Å². The Morgan fingerprint density at radius 2 is 2.04 bits per heavy atom. The summed E-state index contributed by atoms with van der Waals surface area (Å²) in [5, 5.41) is 0. The number of halogens is 3. The van der Waals surface area contributed by atoms with E-state index in [4.69, 9.17) is 9.47 Å². The maximum absolute atomic E-state index is 12.3. The third-order valence-corrected chi connectivity index (χ3v) is 3.90. The van der Waals surface area contributed by atoms with Crippen molar-refractivity contribution < 1.29 is 27.8 Å². The third-order valence-electron chi connectivity index (χ3n) is 3.41. The first kappa shape index (κ1) is 18.1. The molecule has 0 radical (unpaired) electrons. The molecule has 134 valence electrons. The second-order valence-corrected chi connectivity index (χ2v) is 6.04. The van der Waals surface area contributed by atoms with Gasteiger partial charge in [0.1, 0.15) is 11.5 Å². The normalized spacial score (nSPS) is 15.2. The lowest BCUT2D eigenvalue weighted by atomic mass is 10.1. The Hall–Kier alpha value is -2.74. The summed E-state index contributed by atoms with van der Waals surface area (Å²) >= 11 is 3.35. The summed E-state index contributed by atoms with van der Waals surface area (Å²) in [6, 6.07) is 11.1. The maximum atomic E-state index is 12.3. The van der Waals surface area contributed by atoms with Crippen LogP contribution in [0.3, 0.4) is 0 Å². The van der Waals surface area contributed by atoms with Crippen LogP contribution in [0.4, 0.5) is 8.78 Å². The van der Waals surface area contributed by atoms with Crippen molar-refractivity contribution in [2.24, 2.45) is 4.99 Å². The van der Waals surface area contributed by atoms with Gasteiger partial charge in [-0.3, -0.25) is 0 Å². The minimum Gasteiger partial charge on any atom is -0.496 e. The highest BCUT2D eigenvalue weighted by molar-refractivity contribution is 9.10. The number of cyclic esters (lactones) is 1. The zero-order chi connectivity index (χ0) is 18.7. The van der Waals surface area contributed by atoms with Crippen molar-refractivity contribution in [1.29, 1.82) is 0 Å². The monoisotopic (exact) mass is 423 g/mol. The predicted molar refractivity (Wildman–Crippen MR) is 94.4 cm³/mol. The van der Waals surface area contributed by atoms with Crippen LogP contribution in [0.1, 0.15) is 11.1 Å². The van der Waals surface area contributed by atoms with E-state index in [1.807, 2.05) is 0 Å². The predicted octanol–water partition coefficient (Wildman–Crippen LogP) is 4.40. The summed E-state index contributed by atoms with van der Waals surface area (Å²) in [7, 11) is 1.52. The van der Waals surface area contributed by atoms with E-state index in [0.717, 1.165) is 4.47 Å². The molecule has 1 aliphatic rings. The lowest BCUT2D eigenvalue weighted by Crippen LogP contribution is -2.07. The van der Waals surface area contributed by atoms with E-state index in [0.29, 0.717) is 16.9 Å². The number of esters is 1.